The number of benzene rings is 1. The molecule has 9 heteroatoms. The Labute approximate surface area is 150 Å². The van der Waals surface area contributed by atoms with Crippen molar-refractivity contribution in [2.24, 2.45) is 0 Å². The minimum absolute atomic E-state index is 0.0566. The molecule has 126 valence electrons. The second-order valence-corrected chi connectivity index (χ2v) is 6.66. The highest BCUT2D eigenvalue weighted by molar-refractivity contribution is 7.13. The number of hydrogen-bond donors (Lipinski definition) is 1. The maximum Gasteiger partial charge on any atom is 0.437 e. The van der Waals surface area contributed by atoms with Crippen LogP contribution in [0.1, 0.15) is 0 Å². The largest absolute Gasteiger partial charge is 0.489 e. The summed E-state index contributed by atoms with van der Waals surface area (Å²) < 4.78 is 11.6. The molecule has 0 radical (unpaired) electrons. The first-order valence-electron chi connectivity index (χ1n) is 6.90. The van der Waals surface area contributed by atoms with E-state index in [4.69, 9.17) is 32.4 Å². The van der Waals surface area contributed by atoms with E-state index in [-0.39, 0.29) is 19.0 Å². The van der Waals surface area contributed by atoms with Crippen molar-refractivity contribution in [2.45, 2.75) is 12.6 Å². The molecule has 3 rings (SSSR count). The molecule has 1 atom stereocenters. The fraction of sp³-hybridized carbons (Fsp3) is 0.200. The highest BCUT2D eigenvalue weighted by Gasteiger charge is 2.15. The first-order chi connectivity index (χ1) is 11.5. The topological polar surface area (TPSA) is 77.5 Å². The number of rotatable bonds is 6. The Bertz CT molecular complexity index is 876. The van der Waals surface area contributed by atoms with E-state index in [1.807, 2.05) is 11.4 Å². The van der Waals surface area contributed by atoms with Crippen molar-refractivity contribution in [3.63, 3.8) is 0 Å². The molecule has 24 heavy (non-hydrogen) atoms. The van der Waals surface area contributed by atoms with Gasteiger partial charge < -0.3 is 14.3 Å². The zero-order chi connectivity index (χ0) is 17.1. The van der Waals surface area contributed by atoms with Crippen molar-refractivity contribution in [2.75, 3.05) is 6.61 Å². The highest BCUT2D eigenvalue weighted by Crippen LogP contribution is 2.27. The van der Waals surface area contributed by atoms with Crippen LogP contribution in [-0.4, -0.2) is 27.6 Å². The van der Waals surface area contributed by atoms with Crippen LogP contribution < -0.4 is 10.5 Å². The van der Waals surface area contributed by atoms with E-state index in [1.54, 1.807) is 24.3 Å². The second kappa shape index (κ2) is 7.40. The van der Waals surface area contributed by atoms with Crippen LogP contribution in [0.25, 0.3) is 10.8 Å². The summed E-state index contributed by atoms with van der Waals surface area (Å²) in [6.45, 7) is -0.117. The SMILES string of the molecule is O=c1oc(-c2cccs2)nn1CC(O)COc1ccc(Cl)cc1Cl. The molecule has 0 aliphatic rings. The molecule has 2 heterocycles. The summed E-state index contributed by atoms with van der Waals surface area (Å²) in [5, 5.41) is 16.8. The van der Waals surface area contributed by atoms with E-state index in [0.29, 0.717) is 15.8 Å². The lowest BCUT2D eigenvalue weighted by molar-refractivity contribution is 0.0876. The number of thiophene rings is 1. The van der Waals surface area contributed by atoms with Crippen LogP contribution in [0, 0.1) is 0 Å². The first-order valence-corrected chi connectivity index (χ1v) is 8.54. The van der Waals surface area contributed by atoms with Crippen molar-refractivity contribution < 1.29 is 14.3 Å². The lowest BCUT2D eigenvalue weighted by Crippen LogP contribution is -2.29. The zero-order valence-corrected chi connectivity index (χ0v) is 14.5. The smallest absolute Gasteiger partial charge is 0.437 e. The van der Waals surface area contributed by atoms with Crippen molar-refractivity contribution >= 4 is 34.5 Å². The van der Waals surface area contributed by atoms with Gasteiger partial charge in [0, 0.05) is 5.02 Å². The number of aromatic nitrogens is 2. The average molecular weight is 387 g/mol. The van der Waals surface area contributed by atoms with Crippen LogP contribution in [0.15, 0.2) is 44.9 Å². The van der Waals surface area contributed by atoms with E-state index in [0.717, 1.165) is 9.56 Å². The molecule has 2 aromatic heterocycles. The van der Waals surface area contributed by atoms with E-state index >= 15 is 0 Å². The molecule has 3 aromatic rings. The Balaban J connectivity index is 1.63. The summed E-state index contributed by atoms with van der Waals surface area (Å²) in [6, 6.07) is 8.40. The maximum atomic E-state index is 11.8. The van der Waals surface area contributed by atoms with Gasteiger partial charge in [0.1, 0.15) is 18.5 Å². The Morgan fingerprint density at radius 3 is 2.92 bits per heavy atom. The van der Waals surface area contributed by atoms with Gasteiger partial charge in [-0.15, -0.1) is 16.4 Å². The van der Waals surface area contributed by atoms with Gasteiger partial charge in [-0.2, -0.15) is 4.68 Å². The molecule has 0 aliphatic carbocycles. The molecule has 1 aromatic carbocycles. The highest BCUT2D eigenvalue weighted by atomic mass is 35.5. The quantitative estimate of drug-likeness (QED) is 0.702. The van der Waals surface area contributed by atoms with Crippen molar-refractivity contribution in [1.29, 1.82) is 0 Å². The fourth-order valence-electron chi connectivity index (χ4n) is 1.95. The van der Waals surface area contributed by atoms with Crippen LogP contribution >= 0.6 is 34.5 Å². The zero-order valence-electron chi connectivity index (χ0n) is 12.2. The molecule has 1 unspecified atom stereocenters. The number of aliphatic hydroxyl groups is 1. The Morgan fingerprint density at radius 1 is 1.38 bits per heavy atom. The van der Waals surface area contributed by atoms with Gasteiger partial charge in [-0.1, -0.05) is 29.3 Å². The van der Waals surface area contributed by atoms with Crippen molar-refractivity contribution in [3.05, 3.63) is 56.3 Å². The average Bonchev–Trinajstić information content (AvgIpc) is 3.17. The third-order valence-corrected chi connectivity index (χ3v) is 4.44. The number of hydrogen-bond acceptors (Lipinski definition) is 6. The van der Waals surface area contributed by atoms with E-state index < -0.39 is 11.9 Å². The van der Waals surface area contributed by atoms with E-state index in [2.05, 4.69) is 5.10 Å². The van der Waals surface area contributed by atoms with Gasteiger partial charge in [-0.05, 0) is 29.6 Å². The van der Waals surface area contributed by atoms with Crippen LogP contribution in [-0.2, 0) is 6.54 Å². The molecular weight excluding hydrogens is 375 g/mol. The lowest BCUT2D eigenvalue weighted by Gasteiger charge is -2.12. The second-order valence-electron chi connectivity index (χ2n) is 4.87. The van der Waals surface area contributed by atoms with Crippen molar-refractivity contribution in [3.8, 4) is 16.5 Å². The van der Waals surface area contributed by atoms with Gasteiger partial charge in [0.2, 0.25) is 0 Å². The lowest BCUT2D eigenvalue weighted by atomic mass is 10.3. The Kier molecular flexibility index (Phi) is 5.25. The molecule has 0 spiro atoms. The number of nitrogens with zero attached hydrogens (tertiary/aromatic N) is 2. The number of aliphatic hydroxyl groups excluding tert-OH is 1. The van der Waals surface area contributed by atoms with Crippen LogP contribution in [0.4, 0.5) is 0 Å². The minimum Gasteiger partial charge on any atom is -0.489 e. The molecule has 0 amide bonds. The normalized spacial score (nSPS) is 12.3. The molecule has 6 nitrogen and oxygen atoms in total. The van der Waals surface area contributed by atoms with Gasteiger partial charge in [0.25, 0.3) is 5.89 Å². The Hall–Kier alpha value is -1.80. The molecule has 0 bridgehead atoms. The van der Waals surface area contributed by atoms with Gasteiger partial charge in [-0.3, -0.25) is 0 Å². The monoisotopic (exact) mass is 386 g/mol. The summed E-state index contributed by atoms with van der Waals surface area (Å²) in [5.74, 6) is -0.0160. The molecule has 0 aliphatic heterocycles. The standard InChI is InChI=1S/C15H12Cl2N2O4S/c16-9-3-4-12(11(17)6-9)22-8-10(20)7-19-15(21)23-14(18-19)13-2-1-5-24-13/h1-6,10,20H,7-8H2. The fourth-order valence-corrected chi connectivity index (χ4v) is 3.06. The summed E-state index contributed by atoms with van der Waals surface area (Å²) >= 11 is 13.2. The Morgan fingerprint density at radius 2 is 2.21 bits per heavy atom. The van der Waals surface area contributed by atoms with Crippen LogP contribution in [0.5, 0.6) is 5.75 Å². The molecule has 0 fully saturated rings. The van der Waals surface area contributed by atoms with Gasteiger partial charge in [0.05, 0.1) is 16.4 Å². The predicted molar refractivity (Wildman–Crippen MR) is 92.0 cm³/mol. The third-order valence-electron chi connectivity index (χ3n) is 3.05. The van der Waals surface area contributed by atoms with Gasteiger partial charge in [0.15, 0.2) is 0 Å². The van der Waals surface area contributed by atoms with Gasteiger partial charge in [-0.25, -0.2) is 4.79 Å². The maximum absolute atomic E-state index is 11.8. The number of ether oxygens (including phenoxy) is 1. The van der Waals surface area contributed by atoms with Gasteiger partial charge >= 0.3 is 5.76 Å². The first kappa shape index (κ1) is 17.0. The molecule has 0 saturated carbocycles. The predicted octanol–water partition coefficient (Wildman–Crippen LogP) is 3.31. The summed E-state index contributed by atoms with van der Waals surface area (Å²) in [7, 11) is 0. The molecule has 0 saturated heterocycles. The van der Waals surface area contributed by atoms with Crippen molar-refractivity contribution in [1.82, 2.24) is 9.78 Å². The van der Waals surface area contributed by atoms with Crippen LogP contribution in [0.3, 0.4) is 0 Å². The van der Waals surface area contributed by atoms with E-state index in [9.17, 15) is 9.90 Å². The summed E-state index contributed by atoms with van der Waals surface area (Å²) in [4.78, 5) is 12.5. The third kappa shape index (κ3) is 3.99. The van der Waals surface area contributed by atoms with Crippen LogP contribution in [0.2, 0.25) is 10.0 Å². The molecule has 1 N–H and O–H groups in total. The van der Waals surface area contributed by atoms with E-state index in [1.165, 1.54) is 11.3 Å². The number of halogens is 2. The summed E-state index contributed by atoms with van der Waals surface area (Å²) in [6.07, 6.45) is -0.962. The minimum atomic E-state index is -0.962. The summed E-state index contributed by atoms with van der Waals surface area (Å²) in [5.41, 5.74) is 0. The molecular formula is C15H12Cl2N2O4S.